The Balaban J connectivity index is 2.28. The van der Waals surface area contributed by atoms with E-state index in [1.54, 1.807) is 0 Å². The molecule has 92 valence electrons. The molecule has 0 aliphatic rings. The highest BCUT2D eigenvalue weighted by Crippen LogP contribution is 2.08. The van der Waals surface area contributed by atoms with Crippen LogP contribution in [0.15, 0.2) is 59.9 Å². The number of pyridine rings is 1. The fourth-order valence-corrected chi connectivity index (χ4v) is 1.64. The van der Waals surface area contributed by atoms with Crippen molar-refractivity contribution >= 4 is 11.5 Å². The maximum absolute atomic E-state index is 4.63. The van der Waals surface area contributed by atoms with Crippen molar-refractivity contribution in [2.45, 2.75) is 19.9 Å². The molecular weight excluding hydrogens is 222 g/mol. The standard InChI is InChI=1S/C15H17N3/c1-12(2)17-15(13-7-4-3-5-8-13)18-14-9-6-10-16-11-14/h3-12H,1-2H3,(H,17,18)/p+1. The van der Waals surface area contributed by atoms with E-state index in [1.807, 2.05) is 42.7 Å². The zero-order valence-electron chi connectivity index (χ0n) is 10.7. The molecule has 0 atom stereocenters. The number of amidine groups is 1. The van der Waals surface area contributed by atoms with Crippen LogP contribution in [0.25, 0.3) is 0 Å². The largest absolute Gasteiger partial charge is 0.335 e. The van der Waals surface area contributed by atoms with Crippen LogP contribution in [-0.2, 0) is 0 Å². The summed E-state index contributed by atoms with van der Waals surface area (Å²) in [5.74, 6) is 0.894. The zero-order valence-corrected chi connectivity index (χ0v) is 10.7. The summed E-state index contributed by atoms with van der Waals surface area (Å²) in [6.45, 7) is 4.14. The first kappa shape index (κ1) is 12.3. The van der Waals surface area contributed by atoms with Gasteiger partial charge in [0.15, 0.2) is 12.4 Å². The number of aliphatic imine (C=N–C) groups is 1. The van der Waals surface area contributed by atoms with Gasteiger partial charge in [0.2, 0.25) is 0 Å². The molecule has 0 fully saturated rings. The molecule has 0 bridgehead atoms. The molecule has 2 rings (SSSR count). The number of aromatic nitrogens is 1. The van der Waals surface area contributed by atoms with E-state index < -0.39 is 0 Å². The summed E-state index contributed by atoms with van der Waals surface area (Å²) in [7, 11) is 0. The molecule has 0 amide bonds. The predicted octanol–water partition coefficient (Wildman–Crippen LogP) is 2.77. The van der Waals surface area contributed by atoms with Crippen molar-refractivity contribution in [1.29, 1.82) is 0 Å². The minimum atomic E-state index is 0.250. The highest BCUT2D eigenvalue weighted by atomic mass is 15.0. The van der Waals surface area contributed by atoms with Gasteiger partial charge >= 0.3 is 0 Å². The van der Waals surface area contributed by atoms with Gasteiger partial charge in [0, 0.05) is 17.7 Å². The molecule has 2 N–H and O–H groups in total. The molecule has 1 aromatic carbocycles. The molecule has 1 heterocycles. The Morgan fingerprint density at radius 2 is 1.89 bits per heavy atom. The SMILES string of the molecule is CC(C)N=C(Nc1ccc[nH+]c1)c1ccccc1. The minimum absolute atomic E-state index is 0.250. The Bertz CT molecular complexity index is 504. The number of hydrogen-bond acceptors (Lipinski definition) is 1. The summed E-state index contributed by atoms with van der Waals surface area (Å²) in [6.07, 6.45) is 3.80. The van der Waals surface area contributed by atoms with Gasteiger partial charge in [0.05, 0.1) is 0 Å². The summed E-state index contributed by atoms with van der Waals surface area (Å²) in [6, 6.07) is 14.4. The summed E-state index contributed by atoms with van der Waals surface area (Å²) in [5, 5.41) is 3.35. The van der Waals surface area contributed by atoms with Crippen LogP contribution >= 0.6 is 0 Å². The summed E-state index contributed by atoms with van der Waals surface area (Å²) in [4.78, 5) is 7.69. The number of anilines is 1. The van der Waals surface area contributed by atoms with E-state index in [0.29, 0.717) is 0 Å². The average molecular weight is 240 g/mol. The van der Waals surface area contributed by atoms with Crippen LogP contribution in [0.3, 0.4) is 0 Å². The normalized spacial score (nSPS) is 11.6. The zero-order chi connectivity index (χ0) is 12.8. The molecule has 0 aliphatic carbocycles. The lowest BCUT2D eigenvalue weighted by molar-refractivity contribution is -0.377. The highest BCUT2D eigenvalue weighted by Gasteiger charge is 2.05. The Kier molecular flexibility index (Phi) is 4.07. The average Bonchev–Trinajstić information content (AvgIpc) is 2.40. The Morgan fingerprint density at radius 1 is 1.11 bits per heavy atom. The minimum Gasteiger partial charge on any atom is -0.335 e. The van der Waals surface area contributed by atoms with E-state index in [-0.39, 0.29) is 6.04 Å². The lowest BCUT2D eigenvalue weighted by Gasteiger charge is -2.10. The van der Waals surface area contributed by atoms with Crippen molar-refractivity contribution in [3.8, 4) is 0 Å². The monoisotopic (exact) mass is 240 g/mol. The van der Waals surface area contributed by atoms with E-state index in [4.69, 9.17) is 0 Å². The van der Waals surface area contributed by atoms with Gasteiger partial charge in [0.1, 0.15) is 11.5 Å². The first-order valence-electron chi connectivity index (χ1n) is 6.12. The molecule has 0 aliphatic heterocycles. The lowest BCUT2D eigenvalue weighted by Crippen LogP contribution is -2.17. The second kappa shape index (κ2) is 5.96. The topological polar surface area (TPSA) is 38.5 Å². The van der Waals surface area contributed by atoms with Gasteiger partial charge in [-0.05, 0) is 19.9 Å². The van der Waals surface area contributed by atoms with Gasteiger partial charge in [-0.25, -0.2) is 4.98 Å². The van der Waals surface area contributed by atoms with Crippen LogP contribution in [0, 0.1) is 0 Å². The van der Waals surface area contributed by atoms with Gasteiger partial charge in [-0.3, -0.25) is 4.99 Å². The molecule has 0 radical (unpaired) electrons. The molecule has 0 spiro atoms. The van der Waals surface area contributed by atoms with Crippen LogP contribution in [0.1, 0.15) is 19.4 Å². The van der Waals surface area contributed by atoms with Gasteiger partial charge in [0.25, 0.3) is 0 Å². The predicted molar refractivity (Wildman–Crippen MR) is 74.7 cm³/mol. The Morgan fingerprint density at radius 3 is 2.50 bits per heavy atom. The van der Waals surface area contributed by atoms with Crippen molar-refractivity contribution in [3.05, 3.63) is 60.4 Å². The lowest BCUT2D eigenvalue weighted by atomic mass is 10.2. The molecule has 0 saturated carbocycles. The maximum atomic E-state index is 4.63. The quantitative estimate of drug-likeness (QED) is 0.650. The van der Waals surface area contributed by atoms with Crippen molar-refractivity contribution in [2.24, 2.45) is 4.99 Å². The van der Waals surface area contributed by atoms with Gasteiger partial charge < -0.3 is 5.32 Å². The third kappa shape index (κ3) is 3.42. The van der Waals surface area contributed by atoms with E-state index >= 15 is 0 Å². The van der Waals surface area contributed by atoms with Gasteiger partial charge in [-0.15, -0.1) is 0 Å². The van der Waals surface area contributed by atoms with E-state index in [9.17, 15) is 0 Å². The van der Waals surface area contributed by atoms with E-state index in [1.165, 1.54) is 0 Å². The number of nitrogens with zero attached hydrogens (tertiary/aromatic N) is 1. The summed E-state index contributed by atoms with van der Waals surface area (Å²) < 4.78 is 0. The molecule has 0 saturated heterocycles. The molecule has 3 nitrogen and oxygen atoms in total. The number of nitrogens with one attached hydrogen (secondary N) is 2. The number of H-pyrrole nitrogens is 1. The second-order valence-corrected chi connectivity index (χ2v) is 4.35. The molecule has 3 heteroatoms. The van der Waals surface area contributed by atoms with Crippen molar-refractivity contribution in [1.82, 2.24) is 0 Å². The first-order chi connectivity index (χ1) is 8.75. The van der Waals surface area contributed by atoms with Crippen LogP contribution in [0.4, 0.5) is 5.69 Å². The van der Waals surface area contributed by atoms with Crippen molar-refractivity contribution in [2.75, 3.05) is 5.32 Å². The summed E-state index contributed by atoms with van der Waals surface area (Å²) in [5.41, 5.74) is 2.09. The van der Waals surface area contributed by atoms with Gasteiger partial charge in [-0.1, -0.05) is 30.3 Å². The van der Waals surface area contributed by atoms with Gasteiger partial charge in [-0.2, -0.15) is 0 Å². The highest BCUT2D eigenvalue weighted by molar-refractivity contribution is 6.08. The van der Waals surface area contributed by atoms with Crippen LogP contribution in [0.5, 0.6) is 0 Å². The smallest absolute Gasteiger partial charge is 0.190 e. The molecule has 18 heavy (non-hydrogen) atoms. The molecule has 2 aromatic rings. The van der Waals surface area contributed by atoms with Crippen LogP contribution in [0.2, 0.25) is 0 Å². The Hall–Kier alpha value is -2.16. The molecular formula is C15H18N3+. The number of benzene rings is 1. The number of aromatic amines is 1. The third-order valence-electron chi connectivity index (χ3n) is 2.40. The fraction of sp³-hybridized carbons (Fsp3) is 0.200. The molecule has 1 aromatic heterocycles. The third-order valence-corrected chi connectivity index (χ3v) is 2.40. The van der Waals surface area contributed by atoms with E-state index in [0.717, 1.165) is 17.1 Å². The summed E-state index contributed by atoms with van der Waals surface area (Å²) >= 11 is 0. The number of rotatable bonds is 3. The maximum Gasteiger partial charge on any atom is 0.190 e. The fourth-order valence-electron chi connectivity index (χ4n) is 1.64. The van der Waals surface area contributed by atoms with E-state index in [2.05, 4.69) is 41.3 Å². The first-order valence-corrected chi connectivity index (χ1v) is 6.12. The number of hydrogen-bond donors (Lipinski definition) is 1. The van der Waals surface area contributed by atoms with Crippen molar-refractivity contribution < 1.29 is 4.98 Å². The van der Waals surface area contributed by atoms with Crippen LogP contribution in [-0.4, -0.2) is 11.9 Å². The molecule has 0 unspecified atom stereocenters. The Labute approximate surface area is 108 Å². The van der Waals surface area contributed by atoms with Crippen molar-refractivity contribution in [3.63, 3.8) is 0 Å². The van der Waals surface area contributed by atoms with Crippen LogP contribution < -0.4 is 10.3 Å². The second-order valence-electron chi connectivity index (χ2n) is 4.35.